The number of amides is 2. The molecule has 0 bridgehead atoms. The Morgan fingerprint density at radius 2 is 1.88 bits per heavy atom. The number of imide groups is 1. The number of hydrogen-bond donors (Lipinski definition) is 1. The van der Waals surface area contributed by atoms with Crippen LogP contribution in [0.2, 0.25) is 0 Å². The van der Waals surface area contributed by atoms with Crippen molar-refractivity contribution >= 4 is 40.4 Å². The number of carbonyl (C=O) groups is 3. The molecule has 6 nitrogen and oxygen atoms in total. The second-order valence-corrected chi connectivity index (χ2v) is 6.64. The van der Waals surface area contributed by atoms with Gasteiger partial charge in [0, 0.05) is 12.6 Å². The molecule has 0 saturated heterocycles. The first kappa shape index (κ1) is 15.6. The first-order valence-electron chi connectivity index (χ1n) is 7.62. The van der Waals surface area contributed by atoms with Gasteiger partial charge >= 0.3 is 0 Å². The first-order valence-corrected chi connectivity index (χ1v) is 8.60. The van der Waals surface area contributed by atoms with Gasteiger partial charge in [0.1, 0.15) is 0 Å². The Kier molecular flexibility index (Phi) is 3.65. The fourth-order valence-corrected chi connectivity index (χ4v) is 3.69. The number of ketones is 1. The number of para-hydroxylation sites is 2. The van der Waals surface area contributed by atoms with E-state index in [1.54, 1.807) is 6.07 Å². The zero-order chi connectivity index (χ0) is 17.6. The monoisotopic (exact) mass is 351 g/mol. The average Bonchev–Trinajstić information content (AvgIpc) is 3.09. The van der Waals surface area contributed by atoms with Crippen molar-refractivity contribution in [2.24, 2.45) is 7.05 Å². The van der Waals surface area contributed by atoms with Crippen LogP contribution in [0.4, 0.5) is 0 Å². The van der Waals surface area contributed by atoms with Gasteiger partial charge < -0.3 is 4.57 Å². The van der Waals surface area contributed by atoms with Crippen molar-refractivity contribution in [3.05, 3.63) is 59.2 Å². The maximum atomic E-state index is 12.5. The summed E-state index contributed by atoms with van der Waals surface area (Å²) in [5.41, 5.74) is 2.86. The van der Waals surface area contributed by atoms with Gasteiger partial charge in [-0.3, -0.25) is 19.7 Å². The normalized spacial score (nSPS) is 13.2. The minimum absolute atomic E-state index is 0.119. The number of hydrogen-bond acceptors (Lipinski definition) is 5. The number of thioether (sulfide) groups is 1. The number of aromatic nitrogens is 2. The van der Waals surface area contributed by atoms with Gasteiger partial charge in [-0.1, -0.05) is 30.0 Å². The van der Waals surface area contributed by atoms with E-state index >= 15 is 0 Å². The summed E-state index contributed by atoms with van der Waals surface area (Å²) >= 11 is 1.35. The summed E-state index contributed by atoms with van der Waals surface area (Å²) in [5, 5.41) is 2.97. The van der Waals surface area contributed by atoms with Crippen LogP contribution in [0, 0.1) is 0 Å². The van der Waals surface area contributed by atoms with Crippen molar-refractivity contribution in [1.29, 1.82) is 0 Å². The van der Waals surface area contributed by atoms with Crippen molar-refractivity contribution in [3.8, 4) is 0 Å². The molecule has 0 atom stereocenters. The molecule has 1 aromatic heterocycles. The van der Waals surface area contributed by atoms with Crippen LogP contribution in [-0.2, 0) is 7.05 Å². The number of aryl methyl sites for hydroxylation is 1. The molecule has 0 unspecified atom stereocenters. The minimum Gasteiger partial charge on any atom is -0.322 e. The van der Waals surface area contributed by atoms with Crippen LogP contribution < -0.4 is 5.32 Å². The number of nitrogens with zero attached hydrogens (tertiary/aromatic N) is 2. The van der Waals surface area contributed by atoms with Gasteiger partial charge in [-0.05, 0) is 24.3 Å². The molecule has 1 N–H and O–H groups in total. The predicted octanol–water partition coefficient (Wildman–Crippen LogP) is 2.43. The number of imidazole rings is 1. The number of nitrogens with one attached hydrogen (secondary N) is 1. The largest absolute Gasteiger partial charge is 0.322 e. The molecule has 2 amide bonds. The number of Topliss-reactive ketones (excluding diaryl/α,β-unsaturated/α-hetero) is 1. The van der Waals surface area contributed by atoms with E-state index in [2.05, 4.69) is 10.3 Å². The van der Waals surface area contributed by atoms with Gasteiger partial charge in [-0.25, -0.2) is 4.98 Å². The molecule has 3 aromatic rings. The van der Waals surface area contributed by atoms with E-state index in [0.29, 0.717) is 11.1 Å². The van der Waals surface area contributed by atoms with Crippen LogP contribution in [0.1, 0.15) is 31.1 Å². The third-order valence-electron chi connectivity index (χ3n) is 4.14. The molecule has 124 valence electrons. The van der Waals surface area contributed by atoms with Crippen LogP contribution in [-0.4, -0.2) is 32.9 Å². The highest BCUT2D eigenvalue weighted by Gasteiger charge is 2.27. The SMILES string of the molecule is Cn1c(SCC(=O)c2ccc3c(c2)C(=O)NC3=O)nc2ccccc21. The summed E-state index contributed by atoms with van der Waals surface area (Å²) < 4.78 is 1.95. The Balaban J connectivity index is 1.54. The van der Waals surface area contributed by atoms with E-state index in [1.165, 1.54) is 23.9 Å². The zero-order valence-electron chi connectivity index (χ0n) is 13.3. The maximum absolute atomic E-state index is 12.5. The molecule has 0 saturated carbocycles. The van der Waals surface area contributed by atoms with Crippen molar-refractivity contribution in [2.75, 3.05) is 5.75 Å². The molecule has 4 rings (SSSR count). The minimum atomic E-state index is -0.461. The van der Waals surface area contributed by atoms with Gasteiger partial charge in [0.05, 0.1) is 27.9 Å². The van der Waals surface area contributed by atoms with Gasteiger partial charge in [0.15, 0.2) is 10.9 Å². The fourth-order valence-electron chi connectivity index (χ4n) is 2.81. The number of fused-ring (bicyclic) bond motifs is 2. The Morgan fingerprint density at radius 3 is 2.68 bits per heavy atom. The Labute approximate surface area is 147 Å². The second kappa shape index (κ2) is 5.86. The predicted molar refractivity (Wildman–Crippen MR) is 94.0 cm³/mol. The molecule has 7 heteroatoms. The van der Waals surface area contributed by atoms with E-state index in [0.717, 1.165) is 16.2 Å². The van der Waals surface area contributed by atoms with Crippen LogP contribution in [0.3, 0.4) is 0 Å². The lowest BCUT2D eigenvalue weighted by atomic mass is 10.0. The molecule has 1 aliphatic rings. The summed E-state index contributed by atoms with van der Waals surface area (Å²) in [5.74, 6) is -0.802. The smallest absolute Gasteiger partial charge is 0.258 e. The number of rotatable bonds is 4. The third kappa shape index (κ3) is 2.62. The third-order valence-corrected chi connectivity index (χ3v) is 5.17. The van der Waals surface area contributed by atoms with E-state index in [9.17, 15) is 14.4 Å². The quantitative estimate of drug-likeness (QED) is 0.444. The molecular weight excluding hydrogens is 338 g/mol. The van der Waals surface area contributed by atoms with Crippen LogP contribution in [0.15, 0.2) is 47.6 Å². The molecule has 0 fully saturated rings. The van der Waals surface area contributed by atoms with Crippen molar-refractivity contribution in [3.63, 3.8) is 0 Å². The molecule has 1 aliphatic heterocycles. The molecule has 0 spiro atoms. The van der Waals surface area contributed by atoms with Gasteiger partial charge in [0.2, 0.25) is 0 Å². The van der Waals surface area contributed by atoms with Crippen molar-refractivity contribution in [2.45, 2.75) is 5.16 Å². The van der Waals surface area contributed by atoms with Crippen LogP contribution in [0.5, 0.6) is 0 Å². The van der Waals surface area contributed by atoms with Crippen molar-refractivity contribution in [1.82, 2.24) is 14.9 Å². The Bertz CT molecular complexity index is 1050. The maximum Gasteiger partial charge on any atom is 0.258 e. The van der Waals surface area contributed by atoms with E-state index in [1.807, 2.05) is 35.9 Å². The summed E-state index contributed by atoms with van der Waals surface area (Å²) in [6.07, 6.45) is 0. The van der Waals surface area contributed by atoms with Crippen molar-refractivity contribution < 1.29 is 14.4 Å². The Morgan fingerprint density at radius 1 is 1.12 bits per heavy atom. The van der Waals surface area contributed by atoms with E-state index in [-0.39, 0.29) is 17.1 Å². The van der Waals surface area contributed by atoms with E-state index in [4.69, 9.17) is 0 Å². The highest BCUT2D eigenvalue weighted by atomic mass is 32.2. The van der Waals surface area contributed by atoms with Crippen LogP contribution >= 0.6 is 11.8 Å². The molecule has 2 heterocycles. The van der Waals surface area contributed by atoms with Gasteiger partial charge in [-0.2, -0.15) is 0 Å². The van der Waals surface area contributed by atoms with E-state index < -0.39 is 11.8 Å². The standard InChI is InChI=1S/C18H13N3O3S/c1-21-14-5-3-2-4-13(14)19-18(21)25-9-15(22)10-6-7-11-12(8-10)17(24)20-16(11)23/h2-8H,9H2,1H3,(H,20,23,24). The lowest BCUT2D eigenvalue weighted by Gasteiger charge is -2.03. The highest BCUT2D eigenvalue weighted by molar-refractivity contribution is 7.99. The Hall–Kier alpha value is -2.93. The van der Waals surface area contributed by atoms with Crippen LogP contribution in [0.25, 0.3) is 11.0 Å². The molecule has 0 radical (unpaired) electrons. The summed E-state index contributed by atoms with van der Waals surface area (Å²) in [6, 6.07) is 12.3. The highest BCUT2D eigenvalue weighted by Crippen LogP contribution is 2.24. The lowest BCUT2D eigenvalue weighted by Crippen LogP contribution is -2.19. The molecule has 2 aromatic carbocycles. The number of benzene rings is 2. The lowest BCUT2D eigenvalue weighted by molar-refractivity contribution is 0.0879. The zero-order valence-corrected chi connectivity index (χ0v) is 14.1. The topological polar surface area (TPSA) is 81.1 Å². The van der Waals surface area contributed by atoms with Gasteiger partial charge in [-0.15, -0.1) is 0 Å². The number of carbonyl (C=O) groups excluding carboxylic acids is 3. The summed E-state index contributed by atoms with van der Waals surface area (Å²) in [7, 11) is 1.91. The summed E-state index contributed by atoms with van der Waals surface area (Å²) in [4.78, 5) is 40.3. The average molecular weight is 351 g/mol. The molecular formula is C18H13N3O3S. The molecule has 25 heavy (non-hydrogen) atoms. The van der Waals surface area contributed by atoms with Gasteiger partial charge in [0.25, 0.3) is 11.8 Å². The molecule has 0 aliphatic carbocycles. The fraction of sp³-hybridized carbons (Fsp3) is 0.111. The first-order chi connectivity index (χ1) is 12.0. The summed E-state index contributed by atoms with van der Waals surface area (Å²) in [6.45, 7) is 0. The second-order valence-electron chi connectivity index (χ2n) is 5.70.